The molecule has 1 N–H and O–H groups in total. The maximum absolute atomic E-state index is 11.8. The number of nitrogens with zero attached hydrogens (tertiary/aromatic N) is 3. The average Bonchev–Trinajstić information content (AvgIpc) is 2.55. The van der Waals surface area contributed by atoms with Gasteiger partial charge >= 0.3 is 6.47 Å². The molecule has 0 fully saturated rings. The number of amides is 1. The van der Waals surface area contributed by atoms with Gasteiger partial charge in [-0.05, 0) is 30.2 Å². The van der Waals surface area contributed by atoms with Crippen LogP contribution in [0, 0.1) is 0 Å². The van der Waals surface area contributed by atoms with Crippen molar-refractivity contribution in [2.75, 3.05) is 13.2 Å². The molecule has 1 aromatic carbocycles. The highest BCUT2D eigenvalue weighted by atomic mass is 17.2. The summed E-state index contributed by atoms with van der Waals surface area (Å²) in [4.78, 5) is 32.9. The highest BCUT2D eigenvalue weighted by Crippen LogP contribution is 2.14. The molecule has 1 unspecified atom stereocenters. The zero-order valence-corrected chi connectivity index (χ0v) is 12.0. The predicted octanol–water partition coefficient (Wildman–Crippen LogP) is 1.95. The van der Waals surface area contributed by atoms with Crippen molar-refractivity contribution in [3.63, 3.8) is 0 Å². The summed E-state index contributed by atoms with van der Waals surface area (Å²) in [6.07, 6.45) is -0.295. The predicted molar refractivity (Wildman–Crippen MR) is 75.7 cm³/mol. The minimum atomic E-state index is -1.13. The number of rotatable bonds is 10. The number of nitrogens with one attached hydrogen (secondary N) is 1. The monoisotopic (exact) mass is 308 g/mol. The van der Waals surface area contributed by atoms with Crippen LogP contribution >= 0.6 is 0 Å². The molecule has 9 nitrogen and oxygen atoms in total. The minimum absolute atomic E-state index is 0.0542. The first kappa shape index (κ1) is 17.3. The topological polar surface area (TPSA) is 123 Å². The highest BCUT2D eigenvalue weighted by molar-refractivity contribution is 5.94. The summed E-state index contributed by atoms with van der Waals surface area (Å²) < 4.78 is 5.35. The Morgan fingerprint density at radius 1 is 1.55 bits per heavy atom. The Morgan fingerprint density at radius 3 is 3.05 bits per heavy atom. The summed E-state index contributed by atoms with van der Waals surface area (Å²) >= 11 is 0. The first-order chi connectivity index (χ1) is 10.7. The van der Waals surface area contributed by atoms with E-state index in [0.29, 0.717) is 17.9 Å². The smallest absolute Gasteiger partial charge is 0.330 e. The van der Waals surface area contributed by atoms with Crippen molar-refractivity contribution in [3.8, 4) is 5.75 Å². The number of benzene rings is 1. The van der Waals surface area contributed by atoms with Crippen molar-refractivity contribution in [2.45, 2.75) is 19.6 Å². The molecule has 1 atom stereocenters. The molecule has 0 saturated carbocycles. The molecular weight excluding hydrogens is 292 g/mol. The van der Waals surface area contributed by atoms with Crippen LogP contribution in [0.2, 0.25) is 0 Å². The van der Waals surface area contributed by atoms with E-state index < -0.39 is 6.23 Å². The zero-order chi connectivity index (χ0) is 16.2. The van der Waals surface area contributed by atoms with Gasteiger partial charge in [-0.1, -0.05) is 18.1 Å². The molecule has 118 valence electrons. The number of ether oxygens (including phenoxy) is 1. The lowest BCUT2D eigenvalue weighted by molar-refractivity contribution is -0.288. The van der Waals surface area contributed by atoms with Gasteiger partial charge in [0.25, 0.3) is 5.91 Å². The summed E-state index contributed by atoms with van der Waals surface area (Å²) in [5.41, 5.74) is 8.80. The molecule has 0 aromatic heterocycles. The first-order valence-electron chi connectivity index (χ1n) is 6.52. The molecule has 1 amide bonds. The molecule has 0 aliphatic carbocycles. The molecule has 0 bridgehead atoms. The summed E-state index contributed by atoms with van der Waals surface area (Å²) in [5.74, 6) is 0.177. The fourth-order valence-electron chi connectivity index (χ4n) is 1.46. The van der Waals surface area contributed by atoms with E-state index in [-0.39, 0.29) is 19.0 Å². The van der Waals surface area contributed by atoms with Gasteiger partial charge in [0.15, 0.2) is 0 Å². The van der Waals surface area contributed by atoms with Crippen LogP contribution in [-0.2, 0) is 14.6 Å². The molecule has 0 heterocycles. The van der Waals surface area contributed by atoms with Crippen molar-refractivity contribution in [1.82, 2.24) is 5.32 Å². The van der Waals surface area contributed by atoms with E-state index in [1.165, 1.54) is 0 Å². The Hall–Kier alpha value is -2.77. The normalized spacial score (nSPS) is 11.0. The van der Waals surface area contributed by atoms with Gasteiger partial charge < -0.3 is 14.9 Å². The van der Waals surface area contributed by atoms with E-state index in [9.17, 15) is 9.59 Å². The van der Waals surface area contributed by atoms with Crippen LogP contribution in [-0.4, -0.2) is 31.8 Å². The van der Waals surface area contributed by atoms with E-state index in [0.717, 1.165) is 6.42 Å². The van der Waals surface area contributed by atoms with Crippen LogP contribution < -0.4 is 10.1 Å². The third-order valence-electron chi connectivity index (χ3n) is 2.41. The lowest BCUT2D eigenvalue weighted by Crippen LogP contribution is -2.24. The van der Waals surface area contributed by atoms with E-state index in [1.54, 1.807) is 24.3 Å². The average molecular weight is 308 g/mol. The lowest BCUT2D eigenvalue weighted by Gasteiger charge is -2.11. The zero-order valence-electron chi connectivity index (χ0n) is 12.0. The van der Waals surface area contributed by atoms with Crippen LogP contribution in [0.1, 0.15) is 23.7 Å². The molecular formula is C13H16N4O5. The fraction of sp³-hybridized carbons (Fsp3) is 0.385. The minimum Gasteiger partial charge on any atom is -0.491 e. The molecule has 1 rings (SSSR count). The van der Waals surface area contributed by atoms with Gasteiger partial charge in [-0.15, -0.1) is 0 Å². The molecule has 0 aliphatic heterocycles. The van der Waals surface area contributed by atoms with E-state index >= 15 is 0 Å². The quantitative estimate of drug-likeness (QED) is 0.177. The number of carbonyl (C=O) groups excluding carboxylic acids is 2. The van der Waals surface area contributed by atoms with Crippen LogP contribution in [0.25, 0.3) is 10.4 Å². The fourth-order valence-corrected chi connectivity index (χ4v) is 1.46. The molecule has 0 saturated heterocycles. The van der Waals surface area contributed by atoms with Crippen LogP contribution in [0.4, 0.5) is 0 Å². The van der Waals surface area contributed by atoms with Crippen LogP contribution in [0.15, 0.2) is 29.4 Å². The van der Waals surface area contributed by atoms with Crippen molar-refractivity contribution in [3.05, 3.63) is 40.3 Å². The maximum Gasteiger partial charge on any atom is 0.330 e. The van der Waals surface area contributed by atoms with Crippen molar-refractivity contribution >= 4 is 12.4 Å². The van der Waals surface area contributed by atoms with E-state index in [4.69, 9.17) is 10.3 Å². The second-order valence-corrected chi connectivity index (χ2v) is 4.04. The number of carbonyl (C=O) groups is 2. The summed E-state index contributed by atoms with van der Waals surface area (Å²) in [7, 11) is 0. The van der Waals surface area contributed by atoms with Gasteiger partial charge in [0.2, 0.25) is 6.23 Å². The molecule has 0 spiro atoms. The van der Waals surface area contributed by atoms with Gasteiger partial charge in [-0.2, -0.15) is 4.89 Å². The van der Waals surface area contributed by atoms with Crippen molar-refractivity contribution in [1.29, 1.82) is 0 Å². The second-order valence-electron chi connectivity index (χ2n) is 4.04. The van der Waals surface area contributed by atoms with Gasteiger partial charge in [-0.25, -0.2) is 0 Å². The Bertz CT molecular complexity index is 545. The summed E-state index contributed by atoms with van der Waals surface area (Å²) in [6.45, 7) is 2.41. The summed E-state index contributed by atoms with van der Waals surface area (Å²) in [6, 6.07) is 6.47. The third-order valence-corrected chi connectivity index (χ3v) is 2.41. The van der Waals surface area contributed by atoms with Crippen molar-refractivity contribution < 1.29 is 24.1 Å². The Labute approximate surface area is 126 Å². The number of hydrogen-bond donors (Lipinski definition) is 1. The molecule has 0 radical (unpaired) electrons. The molecule has 0 aliphatic rings. The lowest BCUT2D eigenvalue weighted by atomic mass is 10.2. The highest BCUT2D eigenvalue weighted by Gasteiger charge is 2.11. The maximum atomic E-state index is 11.8. The molecule has 1 aromatic rings. The standard InChI is InChI=1S/C13H16N4O5/c1-2-6-15-13(19)10-4-3-5-11(7-10)20-8-12(16-17-14)22-21-9-18/h3-5,7,9,12H,2,6,8H2,1H3,(H,15,19). The van der Waals surface area contributed by atoms with Gasteiger partial charge in [0, 0.05) is 17.0 Å². The van der Waals surface area contributed by atoms with E-state index in [1.807, 2.05) is 6.92 Å². The SMILES string of the molecule is CCCNC(=O)c1cccc(OCC(N=[N+]=[N-])OOC=O)c1. The Morgan fingerprint density at radius 2 is 2.36 bits per heavy atom. The van der Waals surface area contributed by atoms with Crippen LogP contribution in [0.3, 0.4) is 0 Å². The molecule has 22 heavy (non-hydrogen) atoms. The van der Waals surface area contributed by atoms with Crippen molar-refractivity contribution in [2.24, 2.45) is 5.11 Å². The third kappa shape index (κ3) is 6.12. The van der Waals surface area contributed by atoms with Gasteiger partial charge in [0.1, 0.15) is 12.4 Å². The number of hydrogen-bond acceptors (Lipinski definition) is 6. The largest absolute Gasteiger partial charge is 0.491 e. The second kappa shape index (κ2) is 10.0. The van der Waals surface area contributed by atoms with Gasteiger partial charge in [-0.3, -0.25) is 9.59 Å². The van der Waals surface area contributed by atoms with Gasteiger partial charge in [0.05, 0.1) is 0 Å². The Balaban J connectivity index is 2.63. The van der Waals surface area contributed by atoms with Crippen LogP contribution in [0.5, 0.6) is 5.75 Å². The Kier molecular flexibility index (Phi) is 7.88. The number of azide groups is 1. The summed E-state index contributed by atoms with van der Waals surface area (Å²) in [5, 5.41) is 5.99. The molecule has 9 heteroatoms. The first-order valence-corrected chi connectivity index (χ1v) is 6.52. The van der Waals surface area contributed by atoms with E-state index in [2.05, 4.69) is 25.1 Å².